The van der Waals surface area contributed by atoms with E-state index in [4.69, 9.17) is 11.6 Å². The lowest BCUT2D eigenvalue weighted by atomic mass is 10.1. The first-order valence-corrected chi connectivity index (χ1v) is 5.05. The van der Waals surface area contributed by atoms with E-state index in [2.05, 4.69) is 0 Å². The van der Waals surface area contributed by atoms with E-state index in [0.29, 0.717) is 0 Å². The zero-order valence-corrected chi connectivity index (χ0v) is 9.70. The molecule has 0 amide bonds. The highest BCUT2D eigenvalue weighted by Crippen LogP contribution is 2.38. The van der Waals surface area contributed by atoms with Gasteiger partial charge >= 0.3 is 12.4 Å². The fourth-order valence-corrected chi connectivity index (χ4v) is 1.37. The minimum Gasteiger partial charge on any atom is -0.289 e. The molecule has 0 bridgehead atoms. The second-order valence-corrected chi connectivity index (χ2v) is 3.86. The van der Waals surface area contributed by atoms with Gasteiger partial charge < -0.3 is 0 Å². The van der Waals surface area contributed by atoms with Crippen molar-refractivity contribution in [2.24, 2.45) is 0 Å². The van der Waals surface area contributed by atoms with Gasteiger partial charge in [0.25, 0.3) is 0 Å². The molecule has 0 aliphatic rings. The van der Waals surface area contributed by atoms with Gasteiger partial charge in [-0.05, 0) is 12.1 Å². The number of benzene rings is 1. The van der Waals surface area contributed by atoms with Crippen LogP contribution in [0.4, 0.5) is 26.3 Å². The first-order valence-electron chi connectivity index (χ1n) is 4.68. The number of carbonyl (C=O) groups is 1. The van der Waals surface area contributed by atoms with Gasteiger partial charge in [0.15, 0.2) is 5.78 Å². The van der Waals surface area contributed by atoms with Crippen LogP contribution in [-0.2, 0) is 0 Å². The Balaban J connectivity index is 3.21. The summed E-state index contributed by atoms with van der Waals surface area (Å²) in [5.74, 6) is -1.42. The van der Waals surface area contributed by atoms with Crippen LogP contribution in [0.25, 0.3) is 0 Å². The average Bonchev–Trinajstić information content (AvgIpc) is 2.22. The molecule has 0 aliphatic carbocycles. The summed E-state index contributed by atoms with van der Waals surface area (Å²) in [5, 5.41) is 0.0276. The molecule has 0 saturated heterocycles. The quantitative estimate of drug-likeness (QED) is 0.444. The molecule has 0 aromatic heterocycles. The van der Waals surface area contributed by atoms with Crippen molar-refractivity contribution in [2.45, 2.75) is 12.4 Å². The molecule has 1 nitrogen and oxygen atoms in total. The van der Waals surface area contributed by atoms with Gasteiger partial charge in [0.1, 0.15) is 5.57 Å². The lowest BCUT2D eigenvalue weighted by Gasteiger charge is -2.14. The van der Waals surface area contributed by atoms with Crippen molar-refractivity contribution in [1.29, 1.82) is 0 Å². The van der Waals surface area contributed by atoms with Crippen molar-refractivity contribution >= 4 is 17.4 Å². The predicted molar refractivity (Wildman–Crippen MR) is 56.0 cm³/mol. The van der Waals surface area contributed by atoms with Crippen LogP contribution in [0.15, 0.2) is 35.9 Å². The smallest absolute Gasteiger partial charge is 0.289 e. The van der Waals surface area contributed by atoms with Crippen LogP contribution in [0.5, 0.6) is 0 Å². The largest absolute Gasteiger partial charge is 0.421 e. The third kappa shape index (κ3) is 4.27. The van der Waals surface area contributed by atoms with Crippen LogP contribution >= 0.6 is 11.6 Å². The summed E-state index contributed by atoms with van der Waals surface area (Å²) in [7, 11) is 0. The lowest BCUT2D eigenvalue weighted by molar-refractivity contribution is -0.171. The highest BCUT2D eigenvalue weighted by Gasteiger charge is 2.51. The van der Waals surface area contributed by atoms with E-state index < -0.39 is 29.8 Å². The molecule has 104 valence electrons. The Hall–Kier alpha value is -1.50. The molecule has 0 spiro atoms. The van der Waals surface area contributed by atoms with Crippen molar-refractivity contribution in [3.8, 4) is 0 Å². The van der Waals surface area contributed by atoms with E-state index >= 15 is 0 Å². The maximum Gasteiger partial charge on any atom is 0.421 e. The first-order chi connectivity index (χ1) is 8.51. The monoisotopic (exact) mass is 302 g/mol. The van der Waals surface area contributed by atoms with Crippen molar-refractivity contribution in [2.75, 3.05) is 0 Å². The third-order valence-corrected chi connectivity index (χ3v) is 2.23. The average molecular weight is 303 g/mol. The molecule has 0 unspecified atom stereocenters. The predicted octanol–water partition coefficient (Wildman–Crippen LogP) is 4.57. The van der Waals surface area contributed by atoms with Gasteiger partial charge in [-0.25, -0.2) is 0 Å². The SMILES string of the molecule is O=C(C=C(C(F)(F)F)C(F)(F)F)c1cccc(Cl)c1. The van der Waals surface area contributed by atoms with Gasteiger partial charge in [-0.1, -0.05) is 23.7 Å². The van der Waals surface area contributed by atoms with Crippen molar-refractivity contribution in [3.63, 3.8) is 0 Å². The van der Waals surface area contributed by atoms with E-state index in [9.17, 15) is 31.1 Å². The lowest BCUT2D eigenvalue weighted by Crippen LogP contribution is -2.27. The third-order valence-electron chi connectivity index (χ3n) is 2.00. The second kappa shape index (κ2) is 5.24. The van der Waals surface area contributed by atoms with Crippen LogP contribution in [0.3, 0.4) is 0 Å². The Kier molecular flexibility index (Phi) is 4.29. The Morgan fingerprint density at radius 2 is 1.58 bits per heavy atom. The maximum absolute atomic E-state index is 12.2. The van der Waals surface area contributed by atoms with Gasteiger partial charge in [0.05, 0.1) is 0 Å². The molecule has 0 heterocycles. The van der Waals surface area contributed by atoms with E-state index in [1.54, 1.807) is 0 Å². The highest BCUT2D eigenvalue weighted by molar-refractivity contribution is 6.31. The molecule has 0 N–H and O–H groups in total. The number of halogens is 7. The summed E-state index contributed by atoms with van der Waals surface area (Å²) in [6.45, 7) is 0. The van der Waals surface area contributed by atoms with Crippen LogP contribution in [0.1, 0.15) is 10.4 Å². The van der Waals surface area contributed by atoms with Gasteiger partial charge in [0.2, 0.25) is 0 Å². The minimum absolute atomic E-state index is 0.0276. The van der Waals surface area contributed by atoms with Crippen LogP contribution < -0.4 is 0 Å². The second-order valence-electron chi connectivity index (χ2n) is 3.43. The number of hydrogen-bond acceptors (Lipinski definition) is 1. The topological polar surface area (TPSA) is 17.1 Å². The van der Waals surface area contributed by atoms with Gasteiger partial charge in [0, 0.05) is 16.7 Å². The molecule has 0 fully saturated rings. The van der Waals surface area contributed by atoms with Crippen molar-refractivity contribution < 1.29 is 31.1 Å². The molecule has 0 atom stereocenters. The molecule has 1 aromatic carbocycles. The summed E-state index contributed by atoms with van der Waals surface area (Å²) >= 11 is 5.49. The number of carbonyl (C=O) groups excluding carboxylic acids is 1. The van der Waals surface area contributed by atoms with Crippen molar-refractivity contribution in [3.05, 3.63) is 46.5 Å². The minimum atomic E-state index is -5.66. The van der Waals surface area contributed by atoms with Gasteiger partial charge in [-0.15, -0.1) is 0 Å². The van der Waals surface area contributed by atoms with E-state index in [1.807, 2.05) is 0 Å². The summed E-state index contributed by atoms with van der Waals surface area (Å²) in [4.78, 5) is 11.4. The number of ketones is 1. The van der Waals surface area contributed by atoms with Crippen molar-refractivity contribution in [1.82, 2.24) is 0 Å². The fraction of sp³-hybridized carbons (Fsp3) is 0.182. The molecule has 19 heavy (non-hydrogen) atoms. The van der Waals surface area contributed by atoms with E-state index in [-0.39, 0.29) is 10.6 Å². The molecule has 8 heteroatoms. The highest BCUT2D eigenvalue weighted by atomic mass is 35.5. The number of hydrogen-bond donors (Lipinski definition) is 0. The van der Waals surface area contributed by atoms with Crippen LogP contribution in [0, 0.1) is 0 Å². The van der Waals surface area contributed by atoms with Crippen LogP contribution in [0.2, 0.25) is 5.02 Å². The molecule has 1 aromatic rings. The Morgan fingerprint density at radius 3 is 2.00 bits per heavy atom. The number of allylic oxidation sites excluding steroid dienone is 2. The number of rotatable bonds is 2. The van der Waals surface area contributed by atoms with Crippen LogP contribution in [-0.4, -0.2) is 18.1 Å². The normalized spacial score (nSPS) is 12.2. The Labute approximate surface area is 108 Å². The molecule has 0 aliphatic heterocycles. The standard InChI is InChI=1S/C11H5ClF6O/c12-7-3-1-2-6(4-7)8(19)5-9(10(13,14)15)11(16,17)18/h1-5H. The van der Waals surface area contributed by atoms with E-state index in [1.165, 1.54) is 12.1 Å². The molecule has 0 saturated carbocycles. The molecular formula is C11H5ClF6O. The summed E-state index contributed by atoms with van der Waals surface area (Å²) in [5.41, 5.74) is -3.22. The molecular weight excluding hydrogens is 298 g/mol. The zero-order valence-electron chi connectivity index (χ0n) is 8.94. The Bertz CT molecular complexity index is 499. The van der Waals surface area contributed by atoms with Gasteiger partial charge in [-0.2, -0.15) is 26.3 Å². The number of alkyl halides is 6. The maximum atomic E-state index is 12.2. The molecule has 0 radical (unpaired) electrons. The zero-order chi connectivity index (χ0) is 14.8. The summed E-state index contributed by atoms with van der Waals surface area (Å²) in [6.07, 6.45) is -11.8. The fourth-order valence-electron chi connectivity index (χ4n) is 1.18. The molecule has 1 rings (SSSR count). The summed E-state index contributed by atoms with van der Waals surface area (Å²) < 4.78 is 73.2. The van der Waals surface area contributed by atoms with E-state index in [0.717, 1.165) is 12.1 Å². The summed E-state index contributed by atoms with van der Waals surface area (Å²) in [6, 6.07) is 4.61. The van der Waals surface area contributed by atoms with Gasteiger partial charge in [-0.3, -0.25) is 4.79 Å². The Morgan fingerprint density at radius 1 is 1.05 bits per heavy atom. The first kappa shape index (κ1) is 15.6.